The van der Waals surface area contributed by atoms with E-state index in [1.165, 1.54) is 5.56 Å². The van der Waals surface area contributed by atoms with Gasteiger partial charge >= 0.3 is 0 Å². The molecule has 0 spiro atoms. The molecule has 5 heteroatoms. The molecule has 4 nitrogen and oxygen atoms in total. The van der Waals surface area contributed by atoms with E-state index in [4.69, 9.17) is 4.74 Å². The molecule has 2 N–H and O–H groups in total. The van der Waals surface area contributed by atoms with Gasteiger partial charge in [0.25, 0.3) is 0 Å². The highest BCUT2D eigenvalue weighted by atomic mass is 32.2. The lowest BCUT2D eigenvalue weighted by molar-refractivity contribution is 0.0931. The first-order valence-corrected chi connectivity index (χ1v) is 8.70. The van der Waals surface area contributed by atoms with E-state index in [0.717, 1.165) is 31.4 Å². The van der Waals surface area contributed by atoms with Crippen LogP contribution in [-0.4, -0.2) is 44.7 Å². The van der Waals surface area contributed by atoms with E-state index in [1.54, 1.807) is 7.05 Å². The first kappa shape index (κ1) is 17.9. The van der Waals surface area contributed by atoms with E-state index in [2.05, 4.69) is 40.9 Å². The molecule has 1 aromatic rings. The lowest BCUT2D eigenvalue weighted by Gasteiger charge is -2.16. The second-order valence-electron chi connectivity index (χ2n) is 4.98. The van der Waals surface area contributed by atoms with Crippen molar-refractivity contribution in [3.8, 4) is 0 Å². The van der Waals surface area contributed by atoms with Crippen LogP contribution in [0.4, 0.5) is 0 Å². The minimum Gasteiger partial charge on any atom is -0.376 e. The monoisotopic (exact) mass is 309 g/mol. The molecule has 0 bridgehead atoms. The maximum atomic E-state index is 5.74. The Kier molecular flexibility index (Phi) is 9.74. The maximum Gasteiger partial charge on any atom is 0.191 e. The number of rotatable bonds is 9. The molecule has 118 valence electrons. The Morgan fingerprint density at radius 3 is 2.71 bits per heavy atom. The molecule has 1 aromatic carbocycles. The largest absolute Gasteiger partial charge is 0.376 e. The molecule has 0 saturated heterocycles. The topological polar surface area (TPSA) is 45.7 Å². The van der Waals surface area contributed by atoms with Crippen LogP contribution in [0, 0.1) is 5.92 Å². The van der Waals surface area contributed by atoms with Crippen LogP contribution in [0.25, 0.3) is 0 Å². The van der Waals surface area contributed by atoms with Crippen molar-refractivity contribution in [2.24, 2.45) is 10.9 Å². The van der Waals surface area contributed by atoms with Crippen molar-refractivity contribution in [1.29, 1.82) is 0 Å². The Balaban J connectivity index is 2.13. The first-order valence-electron chi connectivity index (χ1n) is 7.31. The highest BCUT2D eigenvalue weighted by Crippen LogP contribution is 2.02. The predicted octanol–water partition coefficient (Wildman–Crippen LogP) is 2.37. The standard InChI is InChI=1S/C16H27N3OS/c1-14(11-19-16(17-2)18-9-10-21-3)12-20-13-15-7-5-4-6-8-15/h4-8,14H,9-13H2,1-3H3,(H2,17,18,19). The van der Waals surface area contributed by atoms with Gasteiger partial charge < -0.3 is 15.4 Å². The first-order chi connectivity index (χ1) is 10.3. The van der Waals surface area contributed by atoms with Crippen LogP contribution in [-0.2, 0) is 11.3 Å². The summed E-state index contributed by atoms with van der Waals surface area (Å²) in [4.78, 5) is 4.20. The van der Waals surface area contributed by atoms with Crippen LogP contribution < -0.4 is 10.6 Å². The molecule has 0 amide bonds. The normalized spacial score (nSPS) is 13.0. The fraction of sp³-hybridized carbons (Fsp3) is 0.562. The summed E-state index contributed by atoms with van der Waals surface area (Å²) in [5.74, 6) is 2.38. The van der Waals surface area contributed by atoms with Crippen LogP contribution in [0.15, 0.2) is 35.3 Å². The van der Waals surface area contributed by atoms with E-state index in [-0.39, 0.29) is 0 Å². The molecular weight excluding hydrogens is 282 g/mol. The Hall–Kier alpha value is -1.20. The van der Waals surface area contributed by atoms with Crippen molar-refractivity contribution in [1.82, 2.24) is 10.6 Å². The van der Waals surface area contributed by atoms with Gasteiger partial charge in [0.05, 0.1) is 13.2 Å². The molecule has 0 aliphatic rings. The molecule has 0 aliphatic heterocycles. The smallest absolute Gasteiger partial charge is 0.191 e. The van der Waals surface area contributed by atoms with Gasteiger partial charge in [-0.2, -0.15) is 11.8 Å². The fourth-order valence-corrected chi connectivity index (χ4v) is 2.08. The maximum absolute atomic E-state index is 5.74. The van der Waals surface area contributed by atoms with Crippen molar-refractivity contribution in [2.45, 2.75) is 13.5 Å². The summed E-state index contributed by atoms with van der Waals surface area (Å²) in [6.45, 7) is 5.37. The minimum absolute atomic E-state index is 0.438. The van der Waals surface area contributed by atoms with Crippen molar-refractivity contribution in [3.05, 3.63) is 35.9 Å². The van der Waals surface area contributed by atoms with Gasteiger partial charge in [-0.05, 0) is 17.7 Å². The van der Waals surface area contributed by atoms with Gasteiger partial charge in [-0.15, -0.1) is 0 Å². The second-order valence-corrected chi connectivity index (χ2v) is 5.96. The number of ether oxygens (including phenoxy) is 1. The number of nitrogens with zero attached hydrogens (tertiary/aromatic N) is 1. The summed E-state index contributed by atoms with van der Waals surface area (Å²) in [5, 5.41) is 6.61. The van der Waals surface area contributed by atoms with Crippen LogP contribution >= 0.6 is 11.8 Å². The third-order valence-corrected chi connectivity index (χ3v) is 3.57. The van der Waals surface area contributed by atoms with Gasteiger partial charge in [-0.25, -0.2) is 0 Å². The molecule has 0 saturated carbocycles. The SMILES string of the molecule is CN=C(NCCSC)NCC(C)COCc1ccccc1. The van der Waals surface area contributed by atoms with Gasteiger partial charge in [-0.3, -0.25) is 4.99 Å². The van der Waals surface area contributed by atoms with Gasteiger partial charge in [0, 0.05) is 25.9 Å². The molecule has 0 aliphatic carbocycles. The number of guanidine groups is 1. The molecule has 0 aromatic heterocycles. The number of nitrogens with one attached hydrogen (secondary N) is 2. The number of hydrogen-bond donors (Lipinski definition) is 2. The van der Waals surface area contributed by atoms with Gasteiger partial charge in [0.1, 0.15) is 0 Å². The van der Waals surface area contributed by atoms with Gasteiger partial charge in [0.15, 0.2) is 5.96 Å². The zero-order valence-corrected chi connectivity index (χ0v) is 14.1. The van der Waals surface area contributed by atoms with E-state index in [1.807, 2.05) is 30.0 Å². The van der Waals surface area contributed by atoms with Crippen molar-refractivity contribution < 1.29 is 4.74 Å². The Morgan fingerprint density at radius 1 is 1.29 bits per heavy atom. The molecular formula is C16H27N3OS. The molecule has 1 rings (SSSR count). The Bertz CT molecular complexity index is 398. The highest BCUT2D eigenvalue weighted by molar-refractivity contribution is 7.98. The third kappa shape index (κ3) is 8.63. The summed E-state index contributed by atoms with van der Waals surface area (Å²) in [7, 11) is 1.80. The molecule has 0 fully saturated rings. The lowest BCUT2D eigenvalue weighted by Crippen LogP contribution is -2.40. The van der Waals surface area contributed by atoms with E-state index < -0.39 is 0 Å². The van der Waals surface area contributed by atoms with Gasteiger partial charge in [-0.1, -0.05) is 37.3 Å². The molecule has 1 unspecified atom stereocenters. The predicted molar refractivity (Wildman–Crippen MR) is 93.0 cm³/mol. The van der Waals surface area contributed by atoms with Gasteiger partial charge in [0.2, 0.25) is 0 Å². The van der Waals surface area contributed by atoms with Crippen molar-refractivity contribution in [3.63, 3.8) is 0 Å². The summed E-state index contributed by atoms with van der Waals surface area (Å²) >= 11 is 1.82. The lowest BCUT2D eigenvalue weighted by atomic mass is 10.2. The summed E-state index contributed by atoms with van der Waals surface area (Å²) in [6, 6.07) is 10.3. The van der Waals surface area contributed by atoms with Crippen LogP contribution in [0.3, 0.4) is 0 Å². The summed E-state index contributed by atoms with van der Waals surface area (Å²) in [6.07, 6.45) is 2.10. The van der Waals surface area contributed by atoms with E-state index in [0.29, 0.717) is 12.5 Å². The third-order valence-electron chi connectivity index (χ3n) is 2.95. The number of thioether (sulfide) groups is 1. The highest BCUT2D eigenvalue weighted by Gasteiger charge is 2.04. The van der Waals surface area contributed by atoms with Crippen molar-refractivity contribution in [2.75, 3.05) is 38.8 Å². The second kappa shape index (κ2) is 11.5. The zero-order chi connectivity index (χ0) is 15.3. The zero-order valence-electron chi connectivity index (χ0n) is 13.3. The van der Waals surface area contributed by atoms with Crippen LogP contribution in [0.2, 0.25) is 0 Å². The Morgan fingerprint density at radius 2 is 2.05 bits per heavy atom. The number of benzene rings is 1. The fourth-order valence-electron chi connectivity index (χ4n) is 1.77. The summed E-state index contributed by atoms with van der Waals surface area (Å²) < 4.78 is 5.74. The summed E-state index contributed by atoms with van der Waals surface area (Å²) in [5.41, 5.74) is 1.22. The molecule has 0 heterocycles. The average Bonchev–Trinajstić information content (AvgIpc) is 2.52. The Labute approximate surface area is 132 Å². The quantitative estimate of drug-likeness (QED) is 0.418. The molecule has 1 atom stereocenters. The molecule has 0 radical (unpaired) electrons. The molecule has 21 heavy (non-hydrogen) atoms. The van der Waals surface area contributed by atoms with Crippen LogP contribution in [0.5, 0.6) is 0 Å². The number of aliphatic imine (C=N–C) groups is 1. The average molecular weight is 309 g/mol. The van der Waals surface area contributed by atoms with Crippen LogP contribution in [0.1, 0.15) is 12.5 Å². The van der Waals surface area contributed by atoms with E-state index in [9.17, 15) is 0 Å². The van der Waals surface area contributed by atoms with Crippen molar-refractivity contribution >= 4 is 17.7 Å². The number of hydrogen-bond acceptors (Lipinski definition) is 3. The minimum atomic E-state index is 0.438. The van der Waals surface area contributed by atoms with E-state index >= 15 is 0 Å².